The van der Waals surface area contributed by atoms with Crippen LogP contribution in [0.1, 0.15) is 23.8 Å². The van der Waals surface area contributed by atoms with Crippen LogP contribution >= 0.6 is 23.2 Å². The molecule has 1 N–H and O–H groups in total. The van der Waals surface area contributed by atoms with Gasteiger partial charge in [0.2, 0.25) is 0 Å². The highest BCUT2D eigenvalue weighted by molar-refractivity contribution is 6.42. The van der Waals surface area contributed by atoms with E-state index >= 15 is 0 Å². The molecule has 20 heavy (non-hydrogen) atoms. The molecular formula is C15H17Cl2NO2. The highest BCUT2D eigenvalue weighted by Crippen LogP contribution is 2.31. The lowest BCUT2D eigenvalue weighted by molar-refractivity contribution is 0.145. The summed E-state index contributed by atoms with van der Waals surface area (Å²) in [6.07, 6.45) is 1.61. The van der Waals surface area contributed by atoms with Gasteiger partial charge in [-0.15, -0.1) is 0 Å². The lowest BCUT2D eigenvalue weighted by Gasteiger charge is -2.19. The van der Waals surface area contributed by atoms with Gasteiger partial charge in [0.15, 0.2) is 0 Å². The second-order valence-electron chi connectivity index (χ2n) is 4.76. The molecule has 1 unspecified atom stereocenters. The highest BCUT2D eigenvalue weighted by atomic mass is 35.5. The molecule has 2 aromatic rings. The van der Waals surface area contributed by atoms with E-state index in [9.17, 15) is 5.11 Å². The summed E-state index contributed by atoms with van der Waals surface area (Å²) in [6, 6.07) is 9.10. The van der Waals surface area contributed by atoms with Crippen molar-refractivity contribution in [3.8, 4) is 0 Å². The number of nitrogens with zero attached hydrogens (tertiary/aromatic N) is 1. The Morgan fingerprint density at radius 3 is 2.75 bits per heavy atom. The number of furan rings is 1. The van der Waals surface area contributed by atoms with E-state index in [1.807, 2.05) is 19.2 Å². The summed E-state index contributed by atoms with van der Waals surface area (Å²) < 4.78 is 5.29. The first-order valence-electron chi connectivity index (χ1n) is 6.41. The van der Waals surface area contributed by atoms with Crippen molar-refractivity contribution in [3.63, 3.8) is 0 Å². The number of rotatable bonds is 6. The lowest BCUT2D eigenvalue weighted by Crippen LogP contribution is -2.20. The molecule has 0 aliphatic rings. The Kier molecular flexibility index (Phi) is 5.49. The minimum atomic E-state index is -0.625. The summed E-state index contributed by atoms with van der Waals surface area (Å²) in [5.41, 5.74) is 0.672. The van der Waals surface area contributed by atoms with E-state index < -0.39 is 6.10 Å². The Balaban J connectivity index is 1.88. The van der Waals surface area contributed by atoms with Gasteiger partial charge in [0.25, 0.3) is 0 Å². The summed E-state index contributed by atoms with van der Waals surface area (Å²) >= 11 is 12.0. The average molecular weight is 314 g/mol. The summed E-state index contributed by atoms with van der Waals surface area (Å²) in [6.45, 7) is 1.44. The molecule has 0 bridgehead atoms. The van der Waals surface area contributed by atoms with E-state index in [-0.39, 0.29) is 0 Å². The second-order valence-corrected chi connectivity index (χ2v) is 5.55. The van der Waals surface area contributed by atoms with Crippen LogP contribution in [0.25, 0.3) is 0 Å². The molecule has 3 nitrogen and oxygen atoms in total. The predicted octanol–water partition coefficient (Wildman–Crippen LogP) is 4.14. The van der Waals surface area contributed by atoms with Gasteiger partial charge in [-0.3, -0.25) is 4.90 Å². The first-order chi connectivity index (χ1) is 9.58. The predicted molar refractivity (Wildman–Crippen MR) is 81.1 cm³/mol. The molecule has 0 aliphatic heterocycles. The topological polar surface area (TPSA) is 36.6 Å². The van der Waals surface area contributed by atoms with Gasteiger partial charge < -0.3 is 9.52 Å². The third kappa shape index (κ3) is 4.00. The van der Waals surface area contributed by atoms with Gasteiger partial charge in [0, 0.05) is 12.1 Å². The van der Waals surface area contributed by atoms with Crippen LogP contribution in [0.2, 0.25) is 10.0 Å². The summed E-state index contributed by atoms with van der Waals surface area (Å²) in [5, 5.41) is 11.1. The van der Waals surface area contributed by atoms with Crippen LogP contribution in [0.15, 0.2) is 41.0 Å². The van der Waals surface area contributed by atoms with Crippen LogP contribution in [0.4, 0.5) is 0 Å². The molecule has 0 saturated carbocycles. The number of halogens is 2. The van der Waals surface area contributed by atoms with Gasteiger partial charge in [0.05, 0.1) is 29.0 Å². The summed E-state index contributed by atoms with van der Waals surface area (Å²) in [4.78, 5) is 2.08. The Labute approximate surface area is 128 Å². The van der Waals surface area contributed by atoms with Gasteiger partial charge in [0.1, 0.15) is 5.76 Å². The number of hydrogen-bond donors (Lipinski definition) is 1. The Bertz CT molecular complexity index is 543. The van der Waals surface area contributed by atoms with Crippen molar-refractivity contribution in [2.45, 2.75) is 19.1 Å². The highest BCUT2D eigenvalue weighted by Gasteiger charge is 2.14. The number of aliphatic hydroxyl groups is 1. The lowest BCUT2D eigenvalue weighted by atomic mass is 10.1. The minimum absolute atomic E-state index is 0.426. The first-order valence-corrected chi connectivity index (χ1v) is 7.16. The molecule has 108 valence electrons. The van der Waals surface area contributed by atoms with Gasteiger partial charge in [-0.05, 0) is 31.7 Å². The van der Waals surface area contributed by atoms with Crippen molar-refractivity contribution in [2.75, 3.05) is 13.6 Å². The van der Waals surface area contributed by atoms with Crippen LogP contribution in [0.5, 0.6) is 0 Å². The molecule has 1 atom stereocenters. The number of hydrogen-bond acceptors (Lipinski definition) is 3. The van der Waals surface area contributed by atoms with Crippen LogP contribution in [-0.4, -0.2) is 23.6 Å². The maximum atomic E-state index is 10.2. The quantitative estimate of drug-likeness (QED) is 0.870. The summed E-state index contributed by atoms with van der Waals surface area (Å²) in [5.74, 6) is 0.905. The van der Waals surface area contributed by atoms with E-state index in [0.29, 0.717) is 28.6 Å². The number of benzene rings is 1. The maximum absolute atomic E-state index is 10.2. The van der Waals surface area contributed by atoms with Crippen molar-refractivity contribution >= 4 is 23.2 Å². The van der Waals surface area contributed by atoms with Crippen molar-refractivity contribution in [2.24, 2.45) is 0 Å². The number of aliphatic hydroxyl groups excluding tert-OH is 1. The van der Waals surface area contributed by atoms with E-state index in [1.165, 1.54) is 0 Å². The zero-order valence-electron chi connectivity index (χ0n) is 11.2. The molecule has 0 radical (unpaired) electrons. The molecule has 1 aromatic heterocycles. The monoisotopic (exact) mass is 313 g/mol. The molecule has 2 rings (SSSR count). The molecular weight excluding hydrogens is 297 g/mol. The second kappa shape index (κ2) is 7.14. The smallest absolute Gasteiger partial charge is 0.117 e. The maximum Gasteiger partial charge on any atom is 0.117 e. The Hall–Kier alpha value is -1.00. The first kappa shape index (κ1) is 15.4. The molecule has 0 spiro atoms. The fourth-order valence-electron chi connectivity index (χ4n) is 2.02. The minimum Gasteiger partial charge on any atom is -0.468 e. The molecule has 0 aliphatic carbocycles. The van der Waals surface area contributed by atoms with E-state index in [0.717, 1.165) is 12.3 Å². The molecule has 5 heteroatoms. The van der Waals surface area contributed by atoms with Gasteiger partial charge in [-0.1, -0.05) is 35.3 Å². The van der Waals surface area contributed by atoms with Crippen molar-refractivity contribution in [3.05, 3.63) is 58.0 Å². The summed E-state index contributed by atoms with van der Waals surface area (Å²) in [7, 11) is 1.98. The fraction of sp³-hybridized carbons (Fsp3) is 0.333. The Morgan fingerprint density at radius 1 is 1.25 bits per heavy atom. The van der Waals surface area contributed by atoms with Gasteiger partial charge in [-0.25, -0.2) is 0 Å². The zero-order valence-corrected chi connectivity index (χ0v) is 12.7. The third-order valence-electron chi connectivity index (χ3n) is 3.13. The van der Waals surface area contributed by atoms with E-state index in [1.54, 1.807) is 24.5 Å². The fourth-order valence-corrected chi connectivity index (χ4v) is 2.46. The molecule has 0 fully saturated rings. The Morgan fingerprint density at radius 2 is 2.05 bits per heavy atom. The molecule has 0 amide bonds. The molecule has 1 aromatic carbocycles. The van der Waals surface area contributed by atoms with Crippen LogP contribution in [-0.2, 0) is 6.54 Å². The van der Waals surface area contributed by atoms with Crippen LogP contribution in [0.3, 0.4) is 0 Å². The van der Waals surface area contributed by atoms with Crippen molar-refractivity contribution < 1.29 is 9.52 Å². The molecule has 0 saturated heterocycles. The zero-order chi connectivity index (χ0) is 14.5. The molecule has 1 heterocycles. The van der Waals surface area contributed by atoms with Crippen LogP contribution < -0.4 is 0 Å². The third-order valence-corrected chi connectivity index (χ3v) is 3.96. The SMILES string of the molecule is CN(CCC(O)c1cccc(Cl)c1Cl)Cc1ccco1. The average Bonchev–Trinajstić information content (AvgIpc) is 2.92. The van der Waals surface area contributed by atoms with Gasteiger partial charge in [-0.2, -0.15) is 0 Å². The van der Waals surface area contributed by atoms with Crippen LogP contribution in [0, 0.1) is 0 Å². The standard InChI is InChI=1S/C15H17Cl2NO2/c1-18(10-11-4-3-9-20-11)8-7-14(19)12-5-2-6-13(16)15(12)17/h2-6,9,14,19H,7-8,10H2,1H3. The van der Waals surface area contributed by atoms with E-state index in [4.69, 9.17) is 27.6 Å². The van der Waals surface area contributed by atoms with Gasteiger partial charge >= 0.3 is 0 Å². The van der Waals surface area contributed by atoms with E-state index in [2.05, 4.69) is 4.90 Å². The van der Waals surface area contributed by atoms with Crippen molar-refractivity contribution in [1.29, 1.82) is 0 Å². The largest absolute Gasteiger partial charge is 0.468 e. The van der Waals surface area contributed by atoms with Crippen molar-refractivity contribution in [1.82, 2.24) is 4.90 Å². The normalized spacial score (nSPS) is 12.8.